The summed E-state index contributed by atoms with van der Waals surface area (Å²) in [6.45, 7) is 6.04. The summed E-state index contributed by atoms with van der Waals surface area (Å²) in [5.41, 5.74) is 0.690. The molecular weight excluding hydrogens is 182 g/mol. The Hall–Kier alpha value is -0.870. The fourth-order valence-corrected chi connectivity index (χ4v) is 0.991. The van der Waals surface area contributed by atoms with E-state index in [1.54, 1.807) is 6.92 Å². The molecule has 14 heavy (non-hydrogen) atoms. The molecule has 0 bridgehead atoms. The molecule has 0 radical (unpaired) electrons. The predicted molar refractivity (Wildman–Crippen MR) is 54.9 cm³/mol. The van der Waals surface area contributed by atoms with Crippen LogP contribution in [-0.4, -0.2) is 29.0 Å². The lowest BCUT2D eigenvalue weighted by Crippen LogP contribution is -2.30. The van der Waals surface area contributed by atoms with Crippen molar-refractivity contribution in [3.05, 3.63) is 12.2 Å². The van der Waals surface area contributed by atoms with E-state index in [1.807, 2.05) is 0 Å². The number of carbonyl (C=O) groups is 1. The minimum atomic E-state index is -0.750. The van der Waals surface area contributed by atoms with Gasteiger partial charge in [-0.05, 0) is 31.9 Å². The highest BCUT2D eigenvalue weighted by atomic mass is 16.4. The van der Waals surface area contributed by atoms with Gasteiger partial charge in [-0.1, -0.05) is 13.0 Å². The number of aliphatic hydroxyl groups excluding tert-OH is 1. The van der Waals surface area contributed by atoms with Crippen molar-refractivity contribution >= 4 is 5.97 Å². The Bertz CT molecular complexity index is 192. The number of unbranched alkanes of at least 4 members (excludes halogenated alkanes) is 2. The minimum absolute atomic E-state index is 0.225. The van der Waals surface area contributed by atoms with Crippen molar-refractivity contribution < 1.29 is 15.0 Å². The summed E-state index contributed by atoms with van der Waals surface area (Å²) in [6, 6.07) is 0. The first-order chi connectivity index (χ1) is 6.54. The van der Waals surface area contributed by atoms with Gasteiger partial charge in [-0.15, -0.1) is 0 Å². The Morgan fingerprint density at radius 3 is 2.57 bits per heavy atom. The average molecular weight is 201 g/mol. The molecule has 0 aliphatic carbocycles. The van der Waals surface area contributed by atoms with Crippen LogP contribution in [0.1, 0.15) is 32.6 Å². The number of hydrogen-bond acceptors (Lipinski definition) is 3. The van der Waals surface area contributed by atoms with Gasteiger partial charge in [0.25, 0.3) is 0 Å². The summed E-state index contributed by atoms with van der Waals surface area (Å²) in [5, 5.41) is 20.5. The summed E-state index contributed by atoms with van der Waals surface area (Å²) in [6.07, 6.45) is 2.01. The van der Waals surface area contributed by atoms with Gasteiger partial charge >= 0.3 is 5.97 Å². The highest BCUT2D eigenvalue weighted by Crippen LogP contribution is 1.99. The first-order valence-electron chi connectivity index (χ1n) is 4.82. The Balaban J connectivity index is 3.21. The van der Waals surface area contributed by atoms with Crippen LogP contribution in [0.25, 0.3) is 0 Å². The molecule has 3 N–H and O–H groups in total. The molecule has 0 heterocycles. The number of hydrogen-bond donors (Lipinski definition) is 3. The second kappa shape index (κ2) is 7.53. The number of carboxylic acids is 1. The van der Waals surface area contributed by atoms with Gasteiger partial charge < -0.3 is 10.2 Å². The third-order valence-corrected chi connectivity index (χ3v) is 1.87. The number of aliphatic carboxylic acids is 1. The van der Waals surface area contributed by atoms with Crippen LogP contribution in [0.5, 0.6) is 0 Å². The van der Waals surface area contributed by atoms with Gasteiger partial charge in [0, 0.05) is 6.42 Å². The molecule has 0 spiro atoms. The van der Waals surface area contributed by atoms with Crippen LogP contribution in [0.3, 0.4) is 0 Å². The van der Waals surface area contributed by atoms with Crippen LogP contribution < -0.4 is 5.32 Å². The minimum Gasteiger partial charge on any atom is -0.481 e. The quantitative estimate of drug-likeness (QED) is 0.312. The normalized spacial score (nSPS) is 12.4. The molecule has 82 valence electrons. The zero-order chi connectivity index (χ0) is 11.0. The van der Waals surface area contributed by atoms with Crippen molar-refractivity contribution in [3.63, 3.8) is 0 Å². The number of nitrogens with one attached hydrogen (secondary N) is 1. The molecular formula is C10H19NO3. The van der Waals surface area contributed by atoms with Crippen molar-refractivity contribution in [1.82, 2.24) is 5.32 Å². The summed E-state index contributed by atoms with van der Waals surface area (Å²) < 4.78 is 0. The summed E-state index contributed by atoms with van der Waals surface area (Å²) in [4.78, 5) is 10.2. The van der Waals surface area contributed by atoms with Crippen LogP contribution in [-0.2, 0) is 4.79 Å². The second-order valence-electron chi connectivity index (χ2n) is 3.41. The molecule has 4 nitrogen and oxygen atoms in total. The lowest BCUT2D eigenvalue weighted by Gasteiger charge is -2.11. The maximum atomic E-state index is 10.2. The SMILES string of the molecule is C=C(C)C(O)NCCCCCC(=O)O. The Morgan fingerprint density at radius 2 is 2.07 bits per heavy atom. The fraction of sp³-hybridized carbons (Fsp3) is 0.700. The fourth-order valence-electron chi connectivity index (χ4n) is 0.991. The molecule has 0 aliphatic heterocycles. The van der Waals surface area contributed by atoms with E-state index in [0.717, 1.165) is 12.8 Å². The smallest absolute Gasteiger partial charge is 0.303 e. The second-order valence-corrected chi connectivity index (χ2v) is 3.41. The molecule has 0 rings (SSSR count). The monoisotopic (exact) mass is 201 g/mol. The lowest BCUT2D eigenvalue weighted by atomic mass is 10.2. The van der Waals surface area contributed by atoms with Gasteiger partial charge in [-0.3, -0.25) is 10.1 Å². The zero-order valence-electron chi connectivity index (χ0n) is 8.62. The van der Waals surface area contributed by atoms with E-state index in [1.165, 1.54) is 0 Å². The van der Waals surface area contributed by atoms with Gasteiger partial charge in [0.1, 0.15) is 6.23 Å². The van der Waals surface area contributed by atoms with Crippen molar-refractivity contribution in [2.24, 2.45) is 0 Å². The Kier molecular flexibility index (Phi) is 7.06. The zero-order valence-corrected chi connectivity index (χ0v) is 8.62. The molecule has 1 atom stereocenters. The highest BCUT2D eigenvalue weighted by Gasteiger charge is 2.01. The molecule has 0 aromatic carbocycles. The Morgan fingerprint density at radius 1 is 1.43 bits per heavy atom. The number of aliphatic hydroxyl groups is 1. The highest BCUT2D eigenvalue weighted by molar-refractivity contribution is 5.66. The average Bonchev–Trinajstić information content (AvgIpc) is 2.09. The molecule has 0 aromatic heterocycles. The molecule has 0 fully saturated rings. The van der Waals surface area contributed by atoms with Crippen LogP contribution >= 0.6 is 0 Å². The number of rotatable bonds is 8. The summed E-state index contributed by atoms with van der Waals surface area (Å²) >= 11 is 0. The van der Waals surface area contributed by atoms with Crippen molar-refractivity contribution in [3.8, 4) is 0 Å². The summed E-state index contributed by atoms with van der Waals surface area (Å²) in [5.74, 6) is -0.750. The van der Waals surface area contributed by atoms with Gasteiger partial charge in [0.05, 0.1) is 0 Å². The molecule has 0 aromatic rings. The lowest BCUT2D eigenvalue weighted by molar-refractivity contribution is -0.137. The first kappa shape index (κ1) is 13.1. The topological polar surface area (TPSA) is 69.6 Å². The van der Waals surface area contributed by atoms with E-state index >= 15 is 0 Å². The Labute approximate surface area is 84.6 Å². The van der Waals surface area contributed by atoms with Gasteiger partial charge in [-0.25, -0.2) is 0 Å². The van der Waals surface area contributed by atoms with E-state index in [9.17, 15) is 9.90 Å². The molecule has 1 unspecified atom stereocenters. The third kappa shape index (κ3) is 7.76. The van der Waals surface area contributed by atoms with E-state index in [0.29, 0.717) is 18.5 Å². The van der Waals surface area contributed by atoms with Crippen molar-refractivity contribution in [2.75, 3.05) is 6.54 Å². The molecule has 0 saturated heterocycles. The van der Waals surface area contributed by atoms with Crippen LogP contribution in [0.4, 0.5) is 0 Å². The van der Waals surface area contributed by atoms with Crippen LogP contribution in [0.15, 0.2) is 12.2 Å². The van der Waals surface area contributed by atoms with Crippen molar-refractivity contribution in [2.45, 2.75) is 38.8 Å². The predicted octanol–water partition coefficient (Wildman–Crippen LogP) is 1.12. The van der Waals surface area contributed by atoms with Gasteiger partial charge in [0.15, 0.2) is 0 Å². The van der Waals surface area contributed by atoms with E-state index in [-0.39, 0.29) is 6.42 Å². The van der Waals surface area contributed by atoms with E-state index in [2.05, 4.69) is 11.9 Å². The summed E-state index contributed by atoms with van der Waals surface area (Å²) in [7, 11) is 0. The number of carboxylic acid groups (broad SMARTS) is 1. The third-order valence-electron chi connectivity index (χ3n) is 1.87. The molecule has 0 amide bonds. The van der Waals surface area contributed by atoms with Gasteiger partial charge in [-0.2, -0.15) is 0 Å². The maximum Gasteiger partial charge on any atom is 0.303 e. The van der Waals surface area contributed by atoms with Crippen LogP contribution in [0, 0.1) is 0 Å². The van der Waals surface area contributed by atoms with E-state index < -0.39 is 12.2 Å². The first-order valence-corrected chi connectivity index (χ1v) is 4.82. The van der Waals surface area contributed by atoms with E-state index in [4.69, 9.17) is 5.11 Å². The van der Waals surface area contributed by atoms with Crippen LogP contribution in [0.2, 0.25) is 0 Å². The molecule has 0 saturated carbocycles. The van der Waals surface area contributed by atoms with Crippen molar-refractivity contribution in [1.29, 1.82) is 0 Å². The largest absolute Gasteiger partial charge is 0.481 e. The molecule has 0 aliphatic rings. The standard InChI is InChI=1S/C10H19NO3/c1-8(2)10(14)11-7-5-3-4-6-9(12)13/h10-11,14H,1,3-7H2,2H3,(H,12,13). The maximum absolute atomic E-state index is 10.2. The molecule has 4 heteroatoms. The van der Waals surface area contributed by atoms with Gasteiger partial charge in [0.2, 0.25) is 0 Å².